The summed E-state index contributed by atoms with van der Waals surface area (Å²) in [5, 5.41) is 0. The van der Waals surface area contributed by atoms with Crippen LogP contribution in [-0.2, 0) is 0 Å². The van der Waals surface area contributed by atoms with Gasteiger partial charge in [0.25, 0.3) is 0 Å². The van der Waals surface area contributed by atoms with Crippen molar-refractivity contribution >= 4 is 5.95 Å². The lowest BCUT2D eigenvalue weighted by Gasteiger charge is -2.34. The van der Waals surface area contributed by atoms with E-state index in [1.165, 1.54) is 12.4 Å². The van der Waals surface area contributed by atoms with Gasteiger partial charge in [-0.3, -0.25) is 4.90 Å². The summed E-state index contributed by atoms with van der Waals surface area (Å²) in [5.74, 6) is 0.122. The number of rotatable bonds is 1. The van der Waals surface area contributed by atoms with Gasteiger partial charge in [0.1, 0.15) is 0 Å². The van der Waals surface area contributed by atoms with E-state index in [-0.39, 0.29) is 12.4 Å². The minimum atomic E-state index is -2.79. The highest BCUT2D eigenvalue weighted by atomic mass is 19.3. The first-order chi connectivity index (χ1) is 6.70. The van der Waals surface area contributed by atoms with Gasteiger partial charge in [-0.25, -0.2) is 9.97 Å². The summed E-state index contributed by atoms with van der Waals surface area (Å²) in [6.07, 6.45) is 4.19. The number of piperidine rings is 1. The number of nitrogens with zero attached hydrogens (tertiary/aromatic N) is 3. The van der Waals surface area contributed by atoms with Gasteiger partial charge < -0.3 is 0 Å². The fourth-order valence-electron chi connectivity index (χ4n) is 1.58. The molecule has 1 aromatic rings. The van der Waals surface area contributed by atoms with Gasteiger partial charge in [0, 0.05) is 25.4 Å². The van der Waals surface area contributed by atoms with Crippen molar-refractivity contribution < 1.29 is 8.78 Å². The molecule has 2 heterocycles. The Morgan fingerprint density at radius 2 is 1.93 bits per heavy atom. The molecule has 1 fully saturated rings. The maximum atomic E-state index is 13.4. The van der Waals surface area contributed by atoms with Gasteiger partial charge >= 0.3 is 6.05 Å². The van der Waals surface area contributed by atoms with Gasteiger partial charge in [-0.15, -0.1) is 0 Å². The van der Waals surface area contributed by atoms with Crippen LogP contribution < -0.4 is 4.90 Å². The van der Waals surface area contributed by atoms with E-state index >= 15 is 0 Å². The van der Waals surface area contributed by atoms with Gasteiger partial charge in [-0.1, -0.05) is 0 Å². The SMILES string of the molecule is FC1(F)CCCCN1c1ncccn1. The lowest BCUT2D eigenvalue weighted by molar-refractivity contribution is -0.0262. The number of aromatic nitrogens is 2. The summed E-state index contributed by atoms with van der Waals surface area (Å²) < 4.78 is 26.8. The highest BCUT2D eigenvalue weighted by Crippen LogP contribution is 2.33. The zero-order valence-electron chi connectivity index (χ0n) is 7.66. The predicted molar refractivity (Wildman–Crippen MR) is 48.2 cm³/mol. The average Bonchev–Trinajstić information content (AvgIpc) is 2.18. The Morgan fingerprint density at radius 3 is 2.57 bits per heavy atom. The first kappa shape index (κ1) is 9.30. The van der Waals surface area contributed by atoms with Crippen LogP contribution in [-0.4, -0.2) is 22.6 Å². The molecule has 1 aliphatic heterocycles. The molecular formula is C9H11F2N3. The normalized spacial score (nSPS) is 20.9. The Kier molecular flexibility index (Phi) is 2.31. The molecule has 0 atom stereocenters. The summed E-state index contributed by atoms with van der Waals surface area (Å²) in [6, 6.07) is -1.18. The van der Waals surface area contributed by atoms with Crippen LogP contribution in [0.4, 0.5) is 14.7 Å². The maximum Gasteiger partial charge on any atom is 0.327 e. The van der Waals surface area contributed by atoms with E-state index in [9.17, 15) is 8.78 Å². The summed E-state index contributed by atoms with van der Waals surface area (Å²) in [4.78, 5) is 8.65. The number of hydrogen-bond donors (Lipinski definition) is 0. The first-order valence-corrected chi connectivity index (χ1v) is 4.63. The van der Waals surface area contributed by atoms with Crippen molar-refractivity contribution in [2.75, 3.05) is 11.4 Å². The molecule has 5 heteroatoms. The summed E-state index contributed by atoms with van der Waals surface area (Å²) in [6.45, 7) is 0.330. The molecule has 1 aliphatic rings. The van der Waals surface area contributed by atoms with Crippen LogP contribution in [0.25, 0.3) is 0 Å². The highest BCUT2D eigenvalue weighted by molar-refractivity contribution is 5.31. The topological polar surface area (TPSA) is 29.0 Å². The largest absolute Gasteiger partial charge is 0.327 e. The zero-order chi connectivity index (χ0) is 10.0. The molecular weight excluding hydrogens is 188 g/mol. The fourth-order valence-corrected chi connectivity index (χ4v) is 1.58. The van der Waals surface area contributed by atoms with Crippen molar-refractivity contribution in [3.63, 3.8) is 0 Å². The highest BCUT2D eigenvalue weighted by Gasteiger charge is 2.40. The van der Waals surface area contributed by atoms with E-state index < -0.39 is 6.05 Å². The van der Waals surface area contributed by atoms with E-state index in [0.29, 0.717) is 13.0 Å². The number of hydrogen-bond acceptors (Lipinski definition) is 3. The Morgan fingerprint density at radius 1 is 1.21 bits per heavy atom. The second-order valence-electron chi connectivity index (χ2n) is 3.32. The lowest BCUT2D eigenvalue weighted by Crippen LogP contribution is -2.46. The van der Waals surface area contributed by atoms with E-state index in [2.05, 4.69) is 9.97 Å². The average molecular weight is 199 g/mol. The molecule has 2 rings (SSSR count). The van der Waals surface area contributed by atoms with Gasteiger partial charge in [-0.2, -0.15) is 8.78 Å². The molecule has 1 saturated heterocycles. The molecule has 3 nitrogen and oxygen atoms in total. The molecule has 0 spiro atoms. The fraction of sp³-hybridized carbons (Fsp3) is 0.556. The number of anilines is 1. The van der Waals surface area contributed by atoms with Gasteiger partial charge in [0.05, 0.1) is 0 Å². The molecule has 1 aromatic heterocycles. The van der Waals surface area contributed by atoms with Crippen molar-refractivity contribution in [2.45, 2.75) is 25.3 Å². The van der Waals surface area contributed by atoms with Crippen LogP contribution >= 0.6 is 0 Å². The third kappa shape index (κ3) is 1.66. The Labute approximate surface area is 80.8 Å². The minimum absolute atomic E-state index is 0.106. The second kappa shape index (κ2) is 3.48. The van der Waals surface area contributed by atoms with E-state index in [0.717, 1.165) is 11.3 Å². The lowest BCUT2D eigenvalue weighted by atomic mass is 10.1. The molecule has 0 aromatic carbocycles. The summed E-state index contributed by atoms with van der Waals surface area (Å²) >= 11 is 0. The molecule has 0 radical (unpaired) electrons. The van der Waals surface area contributed by atoms with Crippen molar-refractivity contribution in [1.29, 1.82) is 0 Å². The maximum absolute atomic E-state index is 13.4. The predicted octanol–water partition coefficient (Wildman–Crippen LogP) is 2.06. The molecule has 76 valence electrons. The Balaban J connectivity index is 2.24. The quantitative estimate of drug-likeness (QED) is 0.648. The minimum Gasteiger partial charge on any atom is -0.282 e. The molecule has 0 unspecified atom stereocenters. The van der Waals surface area contributed by atoms with Crippen molar-refractivity contribution in [3.05, 3.63) is 18.5 Å². The molecule has 0 amide bonds. The van der Waals surface area contributed by atoms with Crippen LogP contribution in [0.2, 0.25) is 0 Å². The van der Waals surface area contributed by atoms with Crippen LogP contribution in [0.5, 0.6) is 0 Å². The monoisotopic (exact) mass is 199 g/mol. The summed E-state index contributed by atoms with van der Waals surface area (Å²) in [7, 11) is 0. The molecule has 0 bridgehead atoms. The van der Waals surface area contributed by atoms with Crippen molar-refractivity contribution in [1.82, 2.24) is 9.97 Å². The Hall–Kier alpha value is -1.26. The number of alkyl halides is 2. The molecule has 0 N–H and O–H groups in total. The van der Waals surface area contributed by atoms with Gasteiger partial charge in [-0.05, 0) is 18.9 Å². The van der Waals surface area contributed by atoms with Gasteiger partial charge in [0.15, 0.2) is 0 Å². The standard InChI is InChI=1S/C9H11F2N3/c10-9(11)4-1-2-7-14(9)8-12-5-3-6-13-8/h3,5-6H,1-2,4,7H2. The van der Waals surface area contributed by atoms with Crippen LogP contribution in [0.15, 0.2) is 18.5 Å². The smallest absolute Gasteiger partial charge is 0.282 e. The summed E-state index contributed by atoms with van der Waals surface area (Å²) in [5.41, 5.74) is 0. The van der Waals surface area contributed by atoms with Crippen molar-refractivity contribution in [2.24, 2.45) is 0 Å². The van der Waals surface area contributed by atoms with Crippen molar-refractivity contribution in [3.8, 4) is 0 Å². The van der Waals surface area contributed by atoms with E-state index in [1.807, 2.05) is 0 Å². The van der Waals surface area contributed by atoms with Crippen LogP contribution in [0.3, 0.4) is 0 Å². The Bertz CT molecular complexity index is 302. The third-order valence-electron chi connectivity index (χ3n) is 2.30. The van der Waals surface area contributed by atoms with Crippen LogP contribution in [0.1, 0.15) is 19.3 Å². The molecule has 0 aliphatic carbocycles. The molecule has 0 saturated carbocycles. The van der Waals surface area contributed by atoms with Crippen LogP contribution in [0, 0.1) is 0 Å². The zero-order valence-corrected chi connectivity index (χ0v) is 7.66. The van der Waals surface area contributed by atoms with E-state index in [4.69, 9.17) is 0 Å². The van der Waals surface area contributed by atoms with Gasteiger partial charge in [0.2, 0.25) is 5.95 Å². The third-order valence-corrected chi connectivity index (χ3v) is 2.30. The molecule has 14 heavy (non-hydrogen) atoms. The van der Waals surface area contributed by atoms with E-state index in [1.54, 1.807) is 6.07 Å². The first-order valence-electron chi connectivity index (χ1n) is 4.63. The number of halogens is 2. The second-order valence-corrected chi connectivity index (χ2v) is 3.32.